The van der Waals surface area contributed by atoms with Crippen LogP contribution in [0.15, 0.2) is 29.6 Å². The van der Waals surface area contributed by atoms with E-state index in [-0.39, 0.29) is 0 Å². The summed E-state index contributed by atoms with van der Waals surface area (Å²) in [5.74, 6) is 0. The highest BCUT2D eigenvalue weighted by atomic mass is 35.5. The van der Waals surface area contributed by atoms with Gasteiger partial charge in [0.2, 0.25) is 0 Å². The highest BCUT2D eigenvalue weighted by Crippen LogP contribution is 2.16. The Hall–Kier alpha value is -1.06. The molecule has 0 saturated heterocycles. The van der Waals surface area contributed by atoms with E-state index >= 15 is 0 Å². The van der Waals surface area contributed by atoms with Crippen molar-refractivity contribution in [2.75, 3.05) is 5.32 Å². The Morgan fingerprint density at radius 1 is 1.44 bits per heavy atom. The number of thiazole rings is 1. The van der Waals surface area contributed by atoms with E-state index < -0.39 is 0 Å². The zero-order valence-corrected chi connectivity index (χ0v) is 10.6. The predicted octanol–water partition coefficient (Wildman–Crippen LogP) is 3.97. The molecule has 2 nitrogen and oxygen atoms in total. The van der Waals surface area contributed by atoms with Crippen LogP contribution in [0, 0.1) is 0 Å². The molecule has 84 valence electrons. The molecule has 1 aromatic heterocycles. The number of anilines is 1. The van der Waals surface area contributed by atoms with Gasteiger partial charge in [0.05, 0.1) is 17.2 Å². The number of rotatable bonds is 4. The van der Waals surface area contributed by atoms with Crippen LogP contribution in [0.5, 0.6) is 0 Å². The number of nitrogens with one attached hydrogen (secondary N) is 1. The van der Waals surface area contributed by atoms with Crippen molar-refractivity contribution in [2.24, 2.45) is 0 Å². The lowest BCUT2D eigenvalue weighted by Crippen LogP contribution is -1.99. The van der Waals surface area contributed by atoms with Crippen LogP contribution in [-0.4, -0.2) is 4.98 Å². The number of benzene rings is 1. The van der Waals surface area contributed by atoms with E-state index in [1.807, 2.05) is 24.3 Å². The molecule has 0 fully saturated rings. The molecule has 4 heteroatoms. The maximum atomic E-state index is 5.90. The zero-order valence-electron chi connectivity index (χ0n) is 9.03. The molecule has 2 rings (SSSR count). The summed E-state index contributed by atoms with van der Waals surface area (Å²) in [7, 11) is 0. The average Bonchev–Trinajstić information content (AvgIpc) is 2.74. The molecule has 0 aliphatic carbocycles. The lowest BCUT2D eigenvalue weighted by Gasteiger charge is -2.04. The van der Waals surface area contributed by atoms with Gasteiger partial charge in [0, 0.05) is 16.1 Å². The summed E-state index contributed by atoms with van der Waals surface area (Å²) in [6.45, 7) is 2.86. The van der Waals surface area contributed by atoms with Gasteiger partial charge in [-0.15, -0.1) is 11.3 Å². The van der Waals surface area contributed by atoms with E-state index in [1.165, 1.54) is 5.01 Å². The third-order valence-electron chi connectivity index (χ3n) is 2.20. The Morgan fingerprint density at radius 3 is 3.00 bits per heavy atom. The first-order valence-corrected chi connectivity index (χ1v) is 6.46. The molecule has 0 aliphatic heterocycles. The van der Waals surface area contributed by atoms with Gasteiger partial charge < -0.3 is 5.32 Å². The second-order valence-electron chi connectivity index (χ2n) is 3.45. The van der Waals surface area contributed by atoms with E-state index in [0.29, 0.717) is 0 Å². The van der Waals surface area contributed by atoms with Crippen molar-refractivity contribution < 1.29 is 0 Å². The second-order valence-corrected chi connectivity index (χ2v) is 4.83. The lowest BCUT2D eigenvalue weighted by atomic mass is 10.3. The van der Waals surface area contributed by atoms with Crippen molar-refractivity contribution in [3.05, 3.63) is 45.4 Å². The van der Waals surface area contributed by atoms with Crippen LogP contribution >= 0.6 is 22.9 Å². The number of hydrogen-bond acceptors (Lipinski definition) is 3. The molecule has 16 heavy (non-hydrogen) atoms. The SMILES string of the molecule is CCc1nc(CNc2cccc(Cl)c2)cs1. The van der Waals surface area contributed by atoms with Gasteiger partial charge in [-0.25, -0.2) is 4.98 Å². The van der Waals surface area contributed by atoms with Crippen LogP contribution in [0.1, 0.15) is 17.6 Å². The third-order valence-corrected chi connectivity index (χ3v) is 3.48. The fraction of sp³-hybridized carbons (Fsp3) is 0.250. The Labute approximate surface area is 104 Å². The van der Waals surface area contributed by atoms with Gasteiger partial charge in [-0.05, 0) is 24.6 Å². The standard InChI is InChI=1S/C12H13ClN2S/c1-2-12-15-11(8-16-12)7-14-10-5-3-4-9(13)6-10/h3-6,8,14H,2,7H2,1H3. The van der Waals surface area contributed by atoms with E-state index in [4.69, 9.17) is 11.6 Å². The number of aryl methyl sites for hydroxylation is 1. The fourth-order valence-electron chi connectivity index (χ4n) is 1.38. The highest BCUT2D eigenvalue weighted by molar-refractivity contribution is 7.09. The molecule has 0 aliphatic rings. The highest BCUT2D eigenvalue weighted by Gasteiger charge is 2.00. The molecular weight excluding hydrogens is 240 g/mol. The minimum Gasteiger partial charge on any atom is -0.379 e. The number of hydrogen-bond donors (Lipinski definition) is 1. The first-order valence-electron chi connectivity index (χ1n) is 5.20. The summed E-state index contributed by atoms with van der Waals surface area (Å²) >= 11 is 7.61. The van der Waals surface area contributed by atoms with Crippen molar-refractivity contribution in [1.82, 2.24) is 4.98 Å². The first-order chi connectivity index (χ1) is 7.78. The van der Waals surface area contributed by atoms with Crippen molar-refractivity contribution in [3.63, 3.8) is 0 Å². The summed E-state index contributed by atoms with van der Waals surface area (Å²) in [6, 6.07) is 7.71. The first kappa shape index (κ1) is 11.4. The normalized spacial score (nSPS) is 10.4. The molecule has 2 aromatic rings. The summed E-state index contributed by atoms with van der Waals surface area (Å²) in [6.07, 6.45) is 1.00. The van der Waals surface area contributed by atoms with Gasteiger partial charge in [-0.3, -0.25) is 0 Å². The summed E-state index contributed by atoms with van der Waals surface area (Å²) in [5, 5.41) is 7.32. The molecule has 1 aromatic carbocycles. The van der Waals surface area contributed by atoms with Gasteiger partial charge in [0.25, 0.3) is 0 Å². The molecule has 1 N–H and O–H groups in total. The maximum absolute atomic E-state index is 5.90. The molecular formula is C12H13ClN2S. The average molecular weight is 253 g/mol. The number of nitrogens with zero attached hydrogens (tertiary/aromatic N) is 1. The molecule has 1 heterocycles. The van der Waals surface area contributed by atoms with Crippen LogP contribution < -0.4 is 5.32 Å². The zero-order chi connectivity index (χ0) is 11.4. The molecule has 0 saturated carbocycles. The second kappa shape index (κ2) is 5.32. The van der Waals surface area contributed by atoms with Crippen molar-refractivity contribution >= 4 is 28.6 Å². The van der Waals surface area contributed by atoms with Crippen LogP contribution in [0.3, 0.4) is 0 Å². The summed E-state index contributed by atoms with van der Waals surface area (Å²) < 4.78 is 0. The van der Waals surface area contributed by atoms with Crippen molar-refractivity contribution in [1.29, 1.82) is 0 Å². The molecule has 0 unspecified atom stereocenters. The van der Waals surface area contributed by atoms with Gasteiger partial charge in [0.1, 0.15) is 0 Å². The van der Waals surface area contributed by atoms with Crippen molar-refractivity contribution in [3.8, 4) is 0 Å². The summed E-state index contributed by atoms with van der Waals surface area (Å²) in [5.41, 5.74) is 2.11. The van der Waals surface area contributed by atoms with Crippen LogP contribution in [0.4, 0.5) is 5.69 Å². The van der Waals surface area contributed by atoms with Gasteiger partial charge in [-0.1, -0.05) is 24.6 Å². The van der Waals surface area contributed by atoms with Gasteiger partial charge in [0.15, 0.2) is 0 Å². The van der Waals surface area contributed by atoms with Crippen LogP contribution in [-0.2, 0) is 13.0 Å². The van der Waals surface area contributed by atoms with Crippen molar-refractivity contribution in [2.45, 2.75) is 19.9 Å². The quantitative estimate of drug-likeness (QED) is 0.891. The molecule has 0 spiro atoms. The van der Waals surface area contributed by atoms with E-state index in [9.17, 15) is 0 Å². The van der Waals surface area contributed by atoms with Crippen LogP contribution in [0.25, 0.3) is 0 Å². The largest absolute Gasteiger partial charge is 0.379 e. The summed E-state index contributed by atoms with van der Waals surface area (Å²) in [4.78, 5) is 4.49. The predicted molar refractivity (Wildman–Crippen MR) is 70.3 cm³/mol. The van der Waals surface area contributed by atoms with Gasteiger partial charge in [-0.2, -0.15) is 0 Å². The smallest absolute Gasteiger partial charge is 0.0926 e. The minimum atomic E-state index is 0.747. The Bertz CT molecular complexity index is 468. The molecule has 0 radical (unpaired) electrons. The third kappa shape index (κ3) is 2.97. The lowest BCUT2D eigenvalue weighted by molar-refractivity contribution is 1.01. The van der Waals surface area contributed by atoms with Gasteiger partial charge >= 0.3 is 0 Å². The Kier molecular flexibility index (Phi) is 3.80. The maximum Gasteiger partial charge on any atom is 0.0926 e. The van der Waals surface area contributed by atoms with E-state index in [2.05, 4.69) is 22.6 Å². The molecule has 0 amide bonds. The molecule has 0 bridgehead atoms. The Balaban J connectivity index is 1.96. The number of aromatic nitrogens is 1. The minimum absolute atomic E-state index is 0.747. The fourth-order valence-corrected chi connectivity index (χ4v) is 2.32. The van der Waals surface area contributed by atoms with E-state index in [0.717, 1.165) is 29.4 Å². The Morgan fingerprint density at radius 2 is 2.31 bits per heavy atom. The number of halogens is 1. The topological polar surface area (TPSA) is 24.9 Å². The van der Waals surface area contributed by atoms with E-state index in [1.54, 1.807) is 11.3 Å². The molecule has 0 atom stereocenters. The van der Waals surface area contributed by atoms with Crippen LogP contribution in [0.2, 0.25) is 5.02 Å². The monoisotopic (exact) mass is 252 g/mol.